The third kappa shape index (κ3) is 23.2. The first-order chi connectivity index (χ1) is 4.06. The molecule has 0 atom stereocenters. The summed E-state index contributed by atoms with van der Waals surface area (Å²) in [5.74, 6) is -0.576. The summed E-state index contributed by atoms with van der Waals surface area (Å²) in [5, 5.41) is 7.86. The molecule has 0 heterocycles. The average Bonchev–Trinajstić information content (AvgIpc) is 1.69. The van der Waals surface area contributed by atoms with Gasteiger partial charge < -0.3 is 10.8 Å². The van der Waals surface area contributed by atoms with E-state index in [0.29, 0.717) is 0 Å². The molecule has 0 saturated heterocycles. The molecular weight excluding hydrogens is 169 g/mol. The number of rotatable bonds is 2. The number of aliphatic hydroxyl groups excluding tert-OH is 1. The third-order valence-corrected chi connectivity index (χ3v) is 1.05. The summed E-state index contributed by atoms with van der Waals surface area (Å²) < 4.78 is 27.1. The van der Waals surface area contributed by atoms with Crippen molar-refractivity contribution < 1.29 is 47.6 Å². The molecule has 0 bridgehead atoms. The van der Waals surface area contributed by atoms with Gasteiger partial charge in [0.25, 0.3) is 10.1 Å². The molecule has 0 unspecified atom stereocenters. The first-order valence-electron chi connectivity index (χ1n) is 2.03. The van der Waals surface area contributed by atoms with Crippen LogP contribution in [0.2, 0.25) is 0 Å². The van der Waals surface area contributed by atoms with E-state index in [0.717, 1.165) is 0 Å². The van der Waals surface area contributed by atoms with E-state index in [4.69, 9.17) is 9.66 Å². The van der Waals surface area contributed by atoms with Gasteiger partial charge in [-0.05, 0) is 0 Å². The zero-order chi connectivity index (χ0) is 7.91. The van der Waals surface area contributed by atoms with Crippen LogP contribution in [0.15, 0.2) is 0 Å². The molecule has 0 rings (SSSR count). The smallest absolute Gasteiger partial charge is 0.486 e. The summed E-state index contributed by atoms with van der Waals surface area (Å²) in [5.41, 5.74) is 4.25. The summed E-state index contributed by atoms with van der Waals surface area (Å²) >= 11 is 0. The predicted molar refractivity (Wildman–Crippen MR) is 33.0 cm³/mol. The minimum absolute atomic E-state index is 0. The van der Waals surface area contributed by atoms with Crippen molar-refractivity contribution in [3.8, 4) is 0 Å². The molecule has 0 amide bonds. The first-order valence-corrected chi connectivity index (χ1v) is 3.64. The second kappa shape index (κ2) is 9.83. The Balaban J connectivity index is -0.000000149. The Morgan fingerprint density at radius 1 is 1.40 bits per heavy atom. The number of hydrogen-bond donors (Lipinski definition) is 3. The molecular formula is C3H10NNaO4S. The Hall–Kier alpha value is 0.830. The van der Waals surface area contributed by atoms with E-state index in [9.17, 15) is 8.42 Å². The third-order valence-electron chi connectivity index (χ3n) is 0.349. The van der Waals surface area contributed by atoms with Gasteiger partial charge in [0.1, 0.15) is 0 Å². The van der Waals surface area contributed by atoms with Gasteiger partial charge in [-0.1, -0.05) is 0 Å². The fourth-order valence-corrected chi connectivity index (χ4v) is 0.346. The Labute approximate surface area is 82.7 Å². The van der Waals surface area contributed by atoms with Crippen LogP contribution >= 0.6 is 0 Å². The molecule has 0 spiro atoms. The average molecular weight is 179 g/mol. The van der Waals surface area contributed by atoms with Gasteiger partial charge >= 0.3 is 29.6 Å². The van der Waals surface area contributed by atoms with Crippen molar-refractivity contribution in [3.63, 3.8) is 0 Å². The SMILES string of the molecule is O=S(=O)(O)CCO.[CH2-]N.[Na+]. The van der Waals surface area contributed by atoms with Gasteiger partial charge in [-0.25, -0.2) is 0 Å². The Morgan fingerprint density at radius 3 is 1.70 bits per heavy atom. The van der Waals surface area contributed by atoms with Crippen LogP contribution in [0.4, 0.5) is 0 Å². The van der Waals surface area contributed by atoms with Crippen LogP contribution in [0.1, 0.15) is 0 Å². The molecule has 58 valence electrons. The first kappa shape index (κ1) is 17.1. The minimum atomic E-state index is -3.92. The normalized spacial score (nSPS) is 8.80. The van der Waals surface area contributed by atoms with E-state index < -0.39 is 22.5 Å². The molecule has 4 N–H and O–H groups in total. The van der Waals surface area contributed by atoms with Crippen molar-refractivity contribution in [2.75, 3.05) is 12.4 Å². The van der Waals surface area contributed by atoms with Crippen LogP contribution < -0.4 is 35.3 Å². The fourth-order valence-electron chi connectivity index (χ4n) is 0.115. The fraction of sp³-hybridized carbons (Fsp3) is 0.667. The summed E-state index contributed by atoms with van der Waals surface area (Å²) in [4.78, 5) is 0. The molecule has 0 aliphatic carbocycles. The molecule has 0 radical (unpaired) electrons. The molecule has 5 nitrogen and oxygen atoms in total. The van der Waals surface area contributed by atoms with Gasteiger partial charge in [0.15, 0.2) is 0 Å². The van der Waals surface area contributed by atoms with Crippen LogP contribution in [-0.2, 0) is 10.1 Å². The molecule has 7 heteroatoms. The van der Waals surface area contributed by atoms with E-state index in [1.165, 1.54) is 0 Å². The molecule has 0 saturated carbocycles. The molecule has 0 aromatic carbocycles. The van der Waals surface area contributed by atoms with E-state index in [1.54, 1.807) is 0 Å². The maximum Gasteiger partial charge on any atom is 1.00 e. The van der Waals surface area contributed by atoms with Crippen LogP contribution in [-0.4, -0.2) is 30.4 Å². The van der Waals surface area contributed by atoms with Crippen molar-refractivity contribution >= 4 is 10.1 Å². The van der Waals surface area contributed by atoms with E-state index in [-0.39, 0.29) is 29.6 Å². The number of nitrogens with two attached hydrogens (primary N) is 1. The van der Waals surface area contributed by atoms with E-state index in [1.807, 2.05) is 0 Å². The van der Waals surface area contributed by atoms with Gasteiger partial charge in [-0.3, -0.25) is 11.6 Å². The minimum Gasteiger partial charge on any atom is -0.486 e. The molecule has 0 aliphatic heterocycles. The van der Waals surface area contributed by atoms with Crippen LogP contribution in [0, 0.1) is 7.05 Å². The van der Waals surface area contributed by atoms with Gasteiger partial charge in [0.05, 0.1) is 12.4 Å². The Morgan fingerprint density at radius 2 is 1.70 bits per heavy atom. The van der Waals surface area contributed by atoms with Crippen LogP contribution in [0.3, 0.4) is 0 Å². The zero-order valence-electron chi connectivity index (χ0n) is 5.82. The van der Waals surface area contributed by atoms with Gasteiger partial charge in [0.2, 0.25) is 0 Å². The summed E-state index contributed by atoms with van der Waals surface area (Å²) in [7, 11) is -1.17. The topological polar surface area (TPSA) is 101 Å². The molecule has 0 fully saturated rings. The summed E-state index contributed by atoms with van der Waals surface area (Å²) in [6, 6.07) is 0. The summed E-state index contributed by atoms with van der Waals surface area (Å²) in [6.07, 6.45) is 0. The van der Waals surface area contributed by atoms with Gasteiger partial charge in [-0.15, -0.1) is 0 Å². The molecule has 0 aliphatic rings. The summed E-state index contributed by atoms with van der Waals surface area (Å²) in [6.45, 7) is -0.529. The second-order valence-corrected chi connectivity index (χ2v) is 2.58. The second-order valence-electron chi connectivity index (χ2n) is 1.01. The van der Waals surface area contributed by atoms with Gasteiger partial charge in [0, 0.05) is 0 Å². The Kier molecular flexibility index (Phi) is 16.8. The van der Waals surface area contributed by atoms with Crippen LogP contribution in [0.5, 0.6) is 0 Å². The predicted octanol–water partition coefficient (Wildman–Crippen LogP) is -4.39. The Bertz CT molecular complexity index is 133. The van der Waals surface area contributed by atoms with E-state index in [2.05, 4.69) is 12.8 Å². The standard InChI is InChI=1S/C2H6O4S.CH4N.Na/c3-1-2-7(4,5)6;1-2;/h3H,1-2H2,(H,4,5,6);1-2H2;/q;-1;+1. The maximum absolute atomic E-state index is 9.63. The van der Waals surface area contributed by atoms with Crippen LogP contribution in [0.25, 0.3) is 0 Å². The molecule has 0 aromatic heterocycles. The zero-order valence-corrected chi connectivity index (χ0v) is 8.63. The molecule has 0 aromatic rings. The van der Waals surface area contributed by atoms with Crippen molar-refractivity contribution in [2.24, 2.45) is 5.73 Å². The maximum atomic E-state index is 9.63. The van der Waals surface area contributed by atoms with Crippen molar-refractivity contribution in [3.05, 3.63) is 7.05 Å². The monoisotopic (exact) mass is 179 g/mol. The van der Waals surface area contributed by atoms with Gasteiger partial charge in [-0.2, -0.15) is 8.42 Å². The number of hydrogen-bond acceptors (Lipinski definition) is 4. The molecule has 10 heavy (non-hydrogen) atoms. The number of aliphatic hydroxyl groups is 1. The quantitative estimate of drug-likeness (QED) is 0.226. The van der Waals surface area contributed by atoms with Crippen molar-refractivity contribution in [2.45, 2.75) is 0 Å². The van der Waals surface area contributed by atoms with Crippen molar-refractivity contribution in [1.29, 1.82) is 0 Å². The van der Waals surface area contributed by atoms with E-state index >= 15 is 0 Å². The largest absolute Gasteiger partial charge is 1.00 e. The van der Waals surface area contributed by atoms with Crippen molar-refractivity contribution in [1.82, 2.24) is 0 Å².